The number of carbonyl (C=O) groups is 1. The summed E-state index contributed by atoms with van der Waals surface area (Å²) in [6, 6.07) is 20.3. The van der Waals surface area contributed by atoms with Crippen molar-refractivity contribution in [1.29, 1.82) is 0 Å². The molecule has 0 fully saturated rings. The van der Waals surface area contributed by atoms with Crippen molar-refractivity contribution in [3.63, 3.8) is 0 Å². The van der Waals surface area contributed by atoms with E-state index in [9.17, 15) is 18.0 Å². The lowest BCUT2D eigenvalue weighted by atomic mass is 9.98. The molecule has 0 radical (unpaired) electrons. The molecule has 0 aliphatic rings. The summed E-state index contributed by atoms with van der Waals surface area (Å²) in [5.74, 6) is 0.225. The van der Waals surface area contributed by atoms with Gasteiger partial charge in [-0.05, 0) is 47.5 Å². The van der Waals surface area contributed by atoms with Gasteiger partial charge in [-0.25, -0.2) is 0 Å². The number of hydrogen-bond donors (Lipinski definition) is 1. The zero-order valence-corrected chi connectivity index (χ0v) is 15.0. The first-order valence-corrected chi connectivity index (χ1v) is 8.55. The number of hydrogen-bond acceptors (Lipinski definition) is 2. The van der Waals surface area contributed by atoms with Gasteiger partial charge in [0.15, 0.2) is 0 Å². The van der Waals surface area contributed by atoms with Crippen LogP contribution in [0.3, 0.4) is 0 Å². The lowest BCUT2D eigenvalue weighted by molar-refractivity contribution is -0.137. The maximum Gasteiger partial charge on any atom is 0.416 e. The van der Waals surface area contributed by atoms with Gasteiger partial charge in [-0.3, -0.25) is 4.79 Å². The molecule has 1 unspecified atom stereocenters. The predicted molar refractivity (Wildman–Crippen MR) is 100 cm³/mol. The maximum atomic E-state index is 12.7. The molecule has 1 atom stereocenters. The first kappa shape index (κ1) is 19.5. The van der Waals surface area contributed by atoms with Crippen molar-refractivity contribution in [3.8, 4) is 5.75 Å². The van der Waals surface area contributed by atoms with Gasteiger partial charge < -0.3 is 10.1 Å². The van der Waals surface area contributed by atoms with Gasteiger partial charge in [0.25, 0.3) is 5.91 Å². The molecule has 0 aliphatic heterocycles. The third-order valence-corrected chi connectivity index (χ3v) is 4.33. The molecule has 0 bridgehead atoms. The smallest absolute Gasteiger partial charge is 0.416 e. The number of carbonyl (C=O) groups excluding carboxylic acids is 1. The van der Waals surface area contributed by atoms with Crippen LogP contribution in [-0.4, -0.2) is 13.0 Å². The van der Waals surface area contributed by atoms with E-state index in [0.717, 1.165) is 23.3 Å². The molecule has 6 heteroatoms. The number of amides is 1. The summed E-state index contributed by atoms with van der Waals surface area (Å²) in [7, 11) is 1.57. The molecular weight excluding hydrogens is 367 g/mol. The van der Waals surface area contributed by atoms with Crippen LogP contribution in [-0.2, 0) is 6.18 Å². The van der Waals surface area contributed by atoms with Crippen LogP contribution in [0, 0.1) is 0 Å². The number of rotatable bonds is 5. The third-order valence-electron chi connectivity index (χ3n) is 4.33. The molecule has 0 heterocycles. The summed E-state index contributed by atoms with van der Waals surface area (Å²) in [6.07, 6.45) is -4.44. The second-order valence-electron chi connectivity index (χ2n) is 6.17. The van der Waals surface area contributed by atoms with Crippen LogP contribution < -0.4 is 10.1 Å². The van der Waals surface area contributed by atoms with Crippen LogP contribution in [0.4, 0.5) is 13.2 Å². The standard InChI is InChI=1S/C22H18F3NO2/c1-28-19-13-9-16(10-14-19)20(15-5-3-2-4-6-15)26-21(27)17-7-11-18(12-8-17)22(23,24)25/h2-14,20H,1H3,(H,26,27). The van der Waals surface area contributed by atoms with Crippen molar-refractivity contribution in [3.05, 3.63) is 101 Å². The molecule has 0 aromatic heterocycles. The average Bonchev–Trinajstić information content (AvgIpc) is 2.72. The highest BCUT2D eigenvalue weighted by molar-refractivity contribution is 5.94. The number of alkyl halides is 3. The molecule has 0 aliphatic carbocycles. The van der Waals surface area contributed by atoms with Gasteiger partial charge in [-0.2, -0.15) is 13.2 Å². The molecule has 144 valence electrons. The van der Waals surface area contributed by atoms with Gasteiger partial charge in [0, 0.05) is 5.56 Å². The summed E-state index contributed by atoms with van der Waals surface area (Å²) >= 11 is 0. The normalized spacial score (nSPS) is 12.3. The van der Waals surface area contributed by atoms with E-state index in [4.69, 9.17) is 4.74 Å². The van der Waals surface area contributed by atoms with E-state index in [0.29, 0.717) is 5.75 Å². The van der Waals surface area contributed by atoms with Crippen molar-refractivity contribution in [2.45, 2.75) is 12.2 Å². The highest BCUT2D eigenvalue weighted by Crippen LogP contribution is 2.29. The molecule has 1 amide bonds. The van der Waals surface area contributed by atoms with Crippen molar-refractivity contribution < 1.29 is 22.7 Å². The topological polar surface area (TPSA) is 38.3 Å². The van der Waals surface area contributed by atoms with Crippen molar-refractivity contribution in [2.75, 3.05) is 7.11 Å². The largest absolute Gasteiger partial charge is 0.497 e. The monoisotopic (exact) mass is 385 g/mol. The van der Waals surface area contributed by atoms with Gasteiger partial charge >= 0.3 is 6.18 Å². The number of benzene rings is 3. The minimum Gasteiger partial charge on any atom is -0.497 e. The lowest BCUT2D eigenvalue weighted by Crippen LogP contribution is -2.29. The van der Waals surface area contributed by atoms with E-state index in [1.807, 2.05) is 42.5 Å². The summed E-state index contributed by atoms with van der Waals surface area (Å²) in [5, 5.41) is 2.90. The van der Waals surface area contributed by atoms with Crippen LogP contribution in [0.1, 0.15) is 33.1 Å². The molecule has 0 saturated carbocycles. The number of methoxy groups -OCH3 is 1. The van der Waals surface area contributed by atoms with Crippen LogP contribution in [0.15, 0.2) is 78.9 Å². The Morgan fingerprint density at radius 1 is 0.857 bits per heavy atom. The van der Waals surface area contributed by atoms with E-state index in [1.165, 1.54) is 12.1 Å². The SMILES string of the molecule is COc1ccc(C(NC(=O)c2ccc(C(F)(F)F)cc2)c2ccccc2)cc1. The fourth-order valence-electron chi connectivity index (χ4n) is 2.83. The quantitative estimate of drug-likeness (QED) is 0.653. The molecular formula is C22H18F3NO2. The Balaban J connectivity index is 1.87. The van der Waals surface area contributed by atoms with E-state index in [1.54, 1.807) is 19.2 Å². The van der Waals surface area contributed by atoms with E-state index < -0.39 is 23.7 Å². The Labute approximate surface area is 160 Å². The molecule has 1 N–H and O–H groups in total. The summed E-state index contributed by atoms with van der Waals surface area (Å²) in [6.45, 7) is 0. The van der Waals surface area contributed by atoms with Gasteiger partial charge in [0.2, 0.25) is 0 Å². The first-order chi connectivity index (χ1) is 13.4. The molecule has 3 aromatic carbocycles. The minimum absolute atomic E-state index is 0.155. The van der Waals surface area contributed by atoms with E-state index in [2.05, 4.69) is 5.32 Å². The second-order valence-corrected chi connectivity index (χ2v) is 6.17. The molecule has 3 rings (SSSR count). The Morgan fingerprint density at radius 3 is 1.96 bits per heavy atom. The fourth-order valence-corrected chi connectivity index (χ4v) is 2.83. The molecule has 0 saturated heterocycles. The summed E-state index contributed by atoms with van der Waals surface area (Å²) in [5.41, 5.74) is 1.04. The Bertz CT molecular complexity index is 921. The van der Waals surface area contributed by atoms with Crippen molar-refractivity contribution in [2.24, 2.45) is 0 Å². The zero-order valence-electron chi connectivity index (χ0n) is 15.0. The molecule has 3 nitrogen and oxygen atoms in total. The second kappa shape index (κ2) is 8.17. The van der Waals surface area contributed by atoms with Gasteiger partial charge in [-0.1, -0.05) is 42.5 Å². The molecule has 0 spiro atoms. The van der Waals surface area contributed by atoms with E-state index >= 15 is 0 Å². The fraction of sp³-hybridized carbons (Fsp3) is 0.136. The van der Waals surface area contributed by atoms with Crippen LogP contribution in [0.25, 0.3) is 0 Å². The molecule has 28 heavy (non-hydrogen) atoms. The summed E-state index contributed by atoms with van der Waals surface area (Å²) in [4.78, 5) is 12.7. The van der Waals surface area contributed by atoms with Crippen LogP contribution >= 0.6 is 0 Å². The number of nitrogens with one attached hydrogen (secondary N) is 1. The lowest BCUT2D eigenvalue weighted by Gasteiger charge is -2.20. The Hall–Kier alpha value is -3.28. The van der Waals surface area contributed by atoms with Gasteiger partial charge in [0.05, 0.1) is 18.7 Å². The first-order valence-electron chi connectivity index (χ1n) is 8.55. The van der Waals surface area contributed by atoms with Gasteiger partial charge in [-0.15, -0.1) is 0 Å². The third kappa shape index (κ3) is 4.52. The van der Waals surface area contributed by atoms with Crippen molar-refractivity contribution in [1.82, 2.24) is 5.32 Å². The highest BCUT2D eigenvalue weighted by Gasteiger charge is 2.30. The zero-order chi connectivity index (χ0) is 20.1. The predicted octanol–water partition coefficient (Wildman–Crippen LogP) is 5.23. The van der Waals surface area contributed by atoms with Crippen LogP contribution in [0.2, 0.25) is 0 Å². The summed E-state index contributed by atoms with van der Waals surface area (Å²) < 4.78 is 43.3. The van der Waals surface area contributed by atoms with E-state index in [-0.39, 0.29) is 5.56 Å². The van der Waals surface area contributed by atoms with Crippen LogP contribution in [0.5, 0.6) is 5.75 Å². The Morgan fingerprint density at radius 2 is 1.43 bits per heavy atom. The molecule has 3 aromatic rings. The van der Waals surface area contributed by atoms with Gasteiger partial charge in [0.1, 0.15) is 5.75 Å². The maximum absolute atomic E-state index is 12.7. The highest BCUT2D eigenvalue weighted by atomic mass is 19.4. The van der Waals surface area contributed by atoms with Crippen molar-refractivity contribution >= 4 is 5.91 Å². The average molecular weight is 385 g/mol. The number of ether oxygens (including phenoxy) is 1. The number of halogens is 3. The Kier molecular flexibility index (Phi) is 5.68. The minimum atomic E-state index is -4.44.